The monoisotopic (exact) mass is 436 g/mol. The van der Waals surface area contributed by atoms with Crippen LogP contribution < -0.4 is 11.1 Å². The molecule has 5 nitrogen and oxygen atoms in total. The van der Waals surface area contributed by atoms with Crippen LogP contribution in [0.15, 0.2) is 22.9 Å². The van der Waals surface area contributed by atoms with E-state index in [0.717, 1.165) is 37.6 Å². The quantitative estimate of drug-likeness (QED) is 0.698. The Morgan fingerprint density at radius 3 is 2.96 bits per heavy atom. The smallest absolute Gasteiger partial charge is 0.270 e. The minimum atomic E-state index is -0.0649. The summed E-state index contributed by atoms with van der Waals surface area (Å²) in [6.45, 7) is 4.52. The van der Waals surface area contributed by atoms with Crippen molar-refractivity contribution in [2.45, 2.75) is 25.8 Å². The minimum Gasteiger partial charge on any atom is -0.350 e. The maximum absolute atomic E-state index is 12.2. The molecule has 1 aliphatic rings. The summed E-state index contributed by atoms with van der Waals surface area (Å²) in [5.41, 5.74) is 6.05. The van der Waals surface area contributed by atoms with E-state index in [1.165, 1.54) is 29.1 Å². The molecule has 1 fully saturated rings. The number of carbonyl (C=O) groups excluding carboxylic acids is 1. The number of carbonyl (C=O) groups is 1. The van der Waals surface area contributed by atoms with Crippen molar-refractivity contribution in [3.8, 4) is 0 Å². The van der Waals surface area contributed by atoms with E-state index in [0.29, 0.717) is 18.2 Å². The summed E-state index contributed by atoms with van der Waals surface area (Å²) in [4.78, 5) is 20.5. The lowest BCUT2D eigenvalue weighted by Gasteiger charge is -2.32. The van der Waals surface area contributed by atoms with E-state index >= 15 is 0 Å². The molecule has 3 N–H and O–H groups in total. The maximum Gasteiger partial charge on any atom is 0.270 e. The number of nitrogens with one attached hydrogen (secondary N) is 1. The van der Waals surface area contributed by atoms with Crippen molar-refractivity contribution in [2.24, 2.45) is 11.7 Å². The van der Waals surface area contributed by atoms with Crippen molar-refractivity contribution in [2.75, 3.05) is 26.2 Å². The predicted molar refractivity (Wildman–Crippen MR) is 114 cm³/mol. The lowest BCUT2D eigenvalue weighted by Crippen LogP contribution is -2.40. The molecule has 0 aromatic carbocycles. The highest BCUT2D eigenvalue weighted by Crippen LogP contribution is 2.20. The van der Waals surface area contributed by atoms with Gasteiger partial charge < -0.3 is 11.1 Å². The fourth-order valence-electron chi connectivity index (χ4n) is 3.07. The van der Waals surface area contributed by atoms with Gasteiger partial charge in [-0.1, -0.05) is 6.07 Å². The van der Waals surface area contributed by atoms with E-state index in [2.05, 4.69) is 32.7 Å². The molecule has 2 aromatic rings. The number of hydrogen-bond acceptors (Lipinski definition) is 6. The molecule has 1 amide bonds. The molecule has 0 bridgehead atoms. The molecular weight excluding hydrogens is 411 g/mol. The summed E-state index contributed by atoms with van der Waals surface area (Å²) in [5, 5.41) is 7.94. The zero-order chi connectivity index (χ0) is 16.8. The lowest BCUT2D eigenvalue weighted by atomic mass is 9.98. The molecule has 3 rings (SSSR count). The maximum atomic E-state index is 12.2. The first-order valence-corrected chi connectivity index (χ1v) is 10.2. The highest BCUT2D eigenvalue weighted by molar-refractivity contribution is 7.10. The fraction of sp³-hybridized carbons (Fsp3) is 0.529. The van der Waals surface area contributed by atoms with Crippen LogP contribution in [0, 0.1) is 5.92 Å². The first-order chi connectivity index (χ1) is 11.7. The number of nitrogens with two attached hydrogens (primary N) is 1. The van der Waals surface area contributed by atoms with Gasteiger partial charge in [0.25, 0.3) is 5.91 Å². The van der Waals surface area contributed by atoms with Gasteiger partial charge in [0.1, 0.15) is 5.69 Å². The number of thiophene rings is 1. The molecule has 0 spiro atoms. The van der Waals surface area contributed by atoms with E-state index in [4.69, 9.17) is 5.73 Å². The average Bonchev–Trinajstić information content (AvgIpc) is 3.25. The molecule has 26 heavy (non-hydrogen) atoms. The van der Waals surface area contributed by atoms with Crippen LogP contribution in [0.25, 0.3) is 0 Å². The van der Waals surface area contributed by atoms with Gasteiger partial charge in [0.05, 0.1) is 5.01 Å². The van der Waals surface area contributed by atoms with E-state index in [-0.39, 0.29) is 30.7 Å². The van der Waals surface area contributed by atoms with Crippen LogP contribution in [0.1, 0.15) is 33.2 Å². The number of likely N-dealkylation sites (tertiary alicyclic amines) is 1. The summed E-state index contributed by atoms with van der Waals surface area (Å²) < 4.78 is 0. The number of hydrogen-bond donors (Lipinski definition) is 2. The summed E-state index contributed by atoms with van der Waals surface area (Å²) in [7, 11) is 0. The molecule has 1 atom stereocenters. The standard InChI is InChI=1S/C17H24N4OS2.2ClH/c18-6-5-16-20-15(12-24-16)17(22)19-9-13-3-1-7-21(10-13)11-14-4-2-8-23-14;;/h2,4,8,12-13H,1,3,5-7,9-11,18H2,(H,19,22);2*1H. The Hall–Kier alpha value is -0.700. The van der Waals surface area contributed by atoms with Crippen LogP contribution in [0.3, 0.4) is 0 Å². The average molecular weight is 437 g/mol. The summed E-state index contributed by atoms with van der Waals surface area (Å²) in [6, 6.07) is 4.30. The molecule has 3 heterocycles. The second kappa shape index (κ2) is 11.9. The van der Waals surface area contributed by atoms with E-state index < -0.39 is 0 Å². The fourth-order valence-corrected chi connectivity index (χ4v) is 4.61. The molecule has 146 valence electrons. The number of rotatable bonds is 7. The Balaban J connectivity index is 0.00000169. The topological polar surface area (TPSA) is 71.2 Å². The minimum absolute atomic E-state index is 0. The van der Waals surface area contributed by atoms with Crippen molar-refractivity contribution in [3.63, 3.8) is 0 Å². The zero-order valence-corrected chi connectivity index (χ0v) is 17.8. The lowest BCUT2D eigenvalue weighted by molar-refractivity contribution is 0.0926. The van der Waals surface area contributed by atoms with Gasteiger partial charge in [-0.2, -0.15) is 0 Å². The largest absolute Gasteiger partial charge is 0.350 e. The molecule has 1 saturated heterocycles. The van der Waals surface area contributed by atoms with Gasteiger partial charge in [0.2, 0.25) is 0 Å². The van der Waals surface area contributed by atoms with Crippen LogP contribution in [0.5, 0.6) is 0 Å². The molecule has 0 radical (unpaired) electrons. The predicted octanol–water partition coefficient (Wildman–Crippen LogP) is 3.19. The number of piperidine rings is 1. The first-order valence-electron chi connectivity index (χ1n) is 8.42. The van der Waals surface area contributed by atoms with E-state index in [1.807, 2.05) is 16.7 Å². The van der Waals surface area contributed by atoms with Crippen molar-refractivity contribution >= 4 is 53.4 Å². The van der Waals surface area contributed by atoms with Gasteiger partial charge in [0, 0.05) is 36.3 Å². The molecular formula is C17H26Cl2N4OS2. The van der Waals surface area contributed by atoms with Gasteiger partial charge in [-0.05, 0) is 43.3 Å². The third-order valence-electron chi connectivity index (χ3n) is 4.26. The zero-order valence-electron chi connectivity index (χ0n) is 14.6. The van der Waals surface area contributed by atoms with Crippen molar-refractivity contribution < 1.29 is 4.79 Å². The number of thiazole rings is 1. The van der Waals surface area contributed by atoms with Crippen LogP contribution in [-0.2, 0) is 13.0 Å². The van der Waals surface area contributed by atoms with Crippen molar-refractivity contribution in [1.82, 2.24) is 15.2 Å². The van der Waals surface area contributed by atoms with Gasteiger partial charge >= 0.3 is 0 Å². The Morgan fingerprint density at radius 2 is 2.23 bits per heavy atom. The summed E-state index contributed by atoms with van der Waals surface area (Å²) >= 11 is 3.32. The van der Waals surface area contributed by atoms with Gasteiger partial charge in [0.15, 0.2) is 0 Å². The highest BCUT2D eigenvalue weighted by Gasteiger charge is 2.21. The summed E-state index contributed by atoms with van der Waals surface area (Å²) in [6.07, 6.45) is 3.11. The Kier molecular flexibility index (Phi) is 10.7. The molecule has 0 saturated carbocycles. The van der Waals surface area contributed by atoms with Gasteiger partial charge in [-0.3, -0.25) is 9.69 Å². The Morgan fingerprint density at radius 1 is 1.38 bits per heavy atom. The third-order valence-corrected chi connectivity index (χ3v) is 6.03. The highest BCUT2D eigenvalue weighted by atomic mass is 35.5. The molecule has 1 aliphatic heterocycles. The van der Waals surface area contributed by atoms with Crippen molar-refractivity contribution in [1.29, 1.82) is 0 Å². The van der Waals surface area contributed by atoms with Crippen LogP contribution in [0.4, 0.5) is 0 Å². The molecule has 1 unspecified atom stereocenters. The molecule has 9 heteroatoms. The normalized spacial score (nSPS) is 17.2. The number of halogens is 2. The number of aromatic nitrogens is 1. The van der Waals surface area contributed by atoms with E-state index in [1.54, 1.807) is 0 Å². The Labute approximate surface area is 175 Å². The van der Waals surface area contributed by atoms with Crippen LogP contribution in [0.2, 0.25) is 0 Å². The molecule has 2 aromatic heterocycles. The third kappa shape index (κ3) is 6.79. The van der Waals surface area contributed by atoms with Crippen molar-refractivity contribution in [3.05, 3.63) is 38.5 Å². The van der Waals surface area contributed by atoms with Crippen LogP contribution in [-0.4, -0.2) is 42.0 Å². The Bertz CT molecular complexity index is 651. The first kappa shape index (κ1) is 23.3. The number of nitrogens with zero attached hydrogens (tertiary/aromatic N) is 2. The second-order valence-corrected chi connectivity index (χ2v) is 8.17. The van der Waals surface area contributed by atoms with E-state index in [9.17, 15) is 4.79 Å². The second-order valence-electron chi connectivity index (χ2n) is 6.20. The molecule has 0 aliphatic carbocycles. The summed E-state index contributed by atoms with van der Waals surface area (Å²) in [5.74, 6) is 0.453. The van der Waals surface area contributed by atoms with Gasteiger partial charge in [-0.25, -0.2) is 4.98 Å². The van der Waals surface area contributed by atoms with Crippen LogP contribution >= 0.6 is 47.5 Å². The SMILES string of the molecule is Cl.Cl.NCCc1nc(C(=O)NCC2CCCN(Cc3cccs3)C2)cs1. The van der Waals surface area contributed by atoms with Gasteiger partial charge in [-0.15, -0.1) is 47.5 Å². The number of amides is 1.